The molecule has 4 N–H and O–H groups in total. The Bertz CT molecular complexity index is 1510. The highest BCUT2D eigenvalue weighted by molar-refractivity contribution is 5.86. The molecule has 0 radical (unpaired) electrons. The van der Waals surface area contributed by atoms with E-state index in [0.717, 1.165) is 22.3 Å². The third-order valence-corrected chi connectivity index (χ3v) is 5.77. The zero-order valence-electron chi connectivity index (χ0n) is 18.4. The van der Waals surface area contributed by atoms with Crippen LogP contribution in [-0.2, 0) is 6.42 Å². The third kappa shape index (κ3) is 4.08. The normalized spacial score (nSPS) is 12.2. The smallest absolute Gasteiger partial charge is 0.261 e. The van der Waals surface area contributed by atoms with Gasteiger partial charge in [-0.1, -0.05) is 18.2 Å². The first-order chi connectivity index (χ1) is 16.5. The van der Waals surface area contributed by atoms with Crippen molar-refractivity contribution in [3.8, 4) is 17.1 Å². The molecule has 0 aliphatic carbocycles. The second-order valence-electron chi connectivity index (χ2n) is 8.13. The Balaban J connectivity index is 1.53. The van der Waals surface area contributed by atoms with Gasteiger partial charge in [0.25, 0.3) is 5.56 Å². The van der Waals surface area contributed by atoms with Gasteiger partial charge < -0.3 is 25.0 Å². The van der Waals surface area contributed by atoms with Crippen LogP contribution >= 0.6 is 0 Å². The molecule has 3 aromatic heterocycles. The first-order valence-electron chi connectivity index (χ1n) is 10.8. The largest absolute Gasteiger partial charge is 0.394 e. The van der Waals surface area contributed by atoms with Crippen LogP contribution in [0.5, 0.6) is 0 Å². The molecule has 9 heteroatoms. The lowest BCUT2D eigenvalue weighted by molar-refractivity contribution is 0.273. The lowest BCUT2D eigenvalue weighted by Crippen LogP contribution is -2.28. The Morgan fingerprint density at radius 3 is 2.85 bits per heavy atom. The summed E-state index contributed by atoms with van der Waals surface area (Å²) in [5.41, 5.74) is 4.34. The molecule has 34 heavy (non-hydrogen) atoms. The van der Waals surface area contributed by atoms with Crippen molar-refractivity contribution in [1.82, 2.24) is 24.5 Å². The molecule has 8 nitrogen and oxygen atoms in total. The highest BCUT2D eigenvalue weighted by Gasteiger charge is 2.19. The Morgan fingerprint density at radius 2 is 2.09 bits per heavy atom. The van der Waals surface area contributed by atoms with Crippen molar-refractivity contribution >= 4 is 16.7 Å². The summed E-state index contributed by atoms with van der Waals surface area (Å²) in [6.45, 7) is 1.71. The quantitative estimate of drug-likeness (QED) is 0.298. The molecule has 0 aliphatic rings. The van der Waals surface area contributed by atoms with Crippen molar-refractivity contribution in [2.24, 2.45) is 0 Å². The summed E-state index contributed by atoms with van der Waals surface area (Å²) in [6, 6.07) is 11.6. The molecule has 5 aromatic rings. The standard InChI is InChI=1S/C25H23FN6O2/c1-15-10-18(32-9-8-27-14-32)12-21-23(15)31-24(30-21)22-20(6-7-28-25(22)34)29-17(13-33)11-16-4-2-3-5-19(16)26/h2-10,12,14,17,33H,11,13H2,1H3,(H,30,31)(H2,28,29,34). The van der Waals surface area contributed by atoms with E-state index >= 15 is 0 Å². The van der Waals surface area contributed by atoms with Gasteiger partial charge in [-0.25, -0.2) is 14.4 Å². The monoisotopic (exact) mass is 458 g/mol. The number of hydrogen-bond donors (Lipinski definition) is 4. The number of aliphatic hydroxyl groups is 1. The van der Waals surface area contributed by atoms with Gasteiger partial charge in [-0.3, -0.25) is 4.79 Å². The van der Waals surface area contributed by atoms with Gasteiger partial charge in [0.1, 0.15) is 17.2 Å². The van der Waals surface area contributed by atoms with Crippen LogP contribution in [0.4, 0.5) is 10.1 Å². The molecule has 2 aromatic carbocycles. The van der Waals surface area contributed by atoms with Crippen LogP contribution in [0.25, 0.3) is 28.1 Å². The Morgan fingerprint density at radius 1 is 1.24 bits per heavy atom. The van der Waals surface area contributed by atoms with E-state index in [-0.39, 0.29) is 24.4 Å². The first kappa shape index (κ1) is 21.6. The van der Waals surface area contributed by atoms with Crippen LogP contribution in [0.1, 0.15) is 11.1 Å². The number of halogens is 1. The lowest BCUT2D eigenvalue weighted by Gasteiger charge is -2.19. The number of fused-ring (bicyclic) bond motifs is 1. The van der Waals surface area contributed by atoms with Crippen LogP contribution < -0.4 is 10.9 Å². The number of benzene rings is 2. The van der Waals surface area contributed by atoms with E-state index < -0.39 is 6.04 Å². The maximum Gasteiger partial charge on any atom is 0.261 e. The molecule has 0 amide bonds. The van der Waals surface area contributed by atoms with Gasteiger partial charge in [0.15, 0.2) is 0 Å². The molecule has 5 rings (SSSR count). The zero-order chi connectivity index (χ0) is 23.7. The van der Waals surface area contributed by atoms with Crippen molar-refractivity contribution in [1.29, 1.82) is 0 Å². The molecule has 0 aliphatic heterocycles. The van der Waals surface area contributed by atoms with Gasteiger partial charge in [-0.15, -0.1) is 0 Å². The van der Waals surface area contributed by atoms with Crippen molar-refractivity contribution in [3.05, 3.63) is 94.7 Å². The topological polar surface area (TPSA) is 112 Å². The van der Waals surface area contributed by atoms with Crippen molar-refractivity contribution < 1.29 is 9.50 Å². The van der Waals surface area contributed by atoms with Gasteiger partial charge in [-0.2, -0.15) is 0 Å². The molecular formula is C25H23FN6O2. The van der Waals surface area contributed by atoms with E-state index in [1.54, 1.807) is 36.8 Å². The van der Waals surface area contributed by atoms with Gasteiger partial charge >= 0.3 is 0 Å². The number of nitrogens with one attached hydrogen (secondary N) is 3. The third-order valence-electron chi connectivity index (χ3n) is 5.77. The highest BCUT2D eigenvalue weighted by atomic mass is 19.1. The number of H-pyrrole nitrogens is 2. The number of aryl methyl sites for hydroxylation is 1. The zero-order valence-corrected chi connectivity index (χ0v) is 18.4. The summed E-state index contributed by atoms with van der Waals surface area (Å²) in [6.07, 6.45) is 7.05. The minimum Gasteiger partial charge on any atom is -0.394 e. The number of imidazole rings is 2. The van der Waals surface area contributed by atoms with Gasteiger partial charge in [0.05, 0.1) is 35.7 Å². The summed E-state index contributed by atoms with van der Waals surface area (Å²) in [4.78, 5) is 27.6. The van der Waals surface area contributed by atoms with Gasteiger partial charge in [0.2, 0.25) is 0 Å². The first-order valence-corrected chi connectivity index (χ1v) is 10.8. The molecular weight excluding hydrogens is 435 g/mol. The highest BCUT2D eigenvalue weighted by Crippen LogP contribution is 2.28. The Labute approximate surface area is 194 Å². The maximum absolute atomic E-state index is 14.1. The number of nitrogens with zero attached hydrogens (tertiary/aromatic N) is 3. The second kappa shape index (κ2) is 8.95. The minimum atomic E-state index is -0.503. The molecule has 0 fully saturated rings. The molecule has 0 saturated heterocycles. The number of rotatable bonds is 7. The van der Waals surface area contributed by atoms with Crippen molar-refractivity contribution in [3.63, 3.8) is 0 Å². The van der Waals surface area contributed by atoms with E-state index in [0.29, 0.717) is 22.6 Å². The SMILES string of the molecule is Cc1cc(-n2ccnc2)cc2[nH]c(-c3c(NC(CO)Cc4ccccc4F)cc[nH]c3=O)nc12. The number of aromatic nitrogens is 5. The van der Waals surface area contributed by atoms with Crippen LogP contribution in [-0.4, -0.2) is 42.3 Å². The summed E-state index contributed by atoms with van der Waals surface area (Å²) in [7, 11) is 0. The molecule has 172 valence electrons. The molecule has 3 heterocycles. The summed E-state index contributed by atoms with van der Waals surface area (Å²) in [5.74, 6) is 0.0585. The predicted octanol–water partition coefficient (Wildman–Crippen LogP) is 3.57. The molecule has 0 saturated carbocycles. The van der Waals surface area contributed by atoms with E-state index in [1.165, 1.54) is 12.3 Å². The van der Waals surface area contributed by atoms with Crippen LogP contribution in [0.2, 0.25) is 0 Å². The number of aliphatic hydroxyl groups excluding tert-OH is 1. The Kier molecular flexibility index (Phi) is 5.69. The minimum absolute atomic E-state index is 0.242. The fraction of sp³-hybridized carbons (Fsp3) is 0.160. The van der Waals surface area contributed by atoms with Gasteiger partial charge in [0, 0.05) is 24.3 Å². The molecule has 1 unspecified atom stereocenters. The lowest BCUT2D eigenvalue weighted by atomic mass is 10.0. The number of hydrogen-bond acceptors (Lipinski definition) is 5. The van der Waals surface area contributed by atoms with Crippen LogP contribution in [0.3, 0.4) is 0 Å². The maximum atomic E-state index is 14.1. The molecule has 0 spiro atoms. The van der Waals surface area contributed by atoms with E-state index in [9.17, 15) is 14.3 Å². The predicted molar refractivity (Wildman–Crippen MR) is 129 cm³/mol. The fourth-order valence-corrected chi connectivity index (χ4v) is 4.10. The number of pyridine rings is 1. The summed E-state index contributed by atoms with van der Waals surface area (Å²) < 4.78 is 16.0. The summed E-state index contributed by atoms with van der Waals surface area (Å²) in [5, 5.41) is 13.1. The van der Waals surface area contributed by atoms with Crippen molar-refractivity contribution in [2.45, 2.75) is 19.4 Å². The van der Waals surface area contributed by atoms with E-state index in [2.05, 4.69) is 20.3 Å². The van der Waals surface area contributed by atoms with Crippen LogP contribution in [0.15, 0.2) is 72.2 Å². The second-order valence-corrected chi connectivity index (χ2v) is 8.13. The van der Waals surface area contributed by atoms with Gasteiger partial charge in [-0.05, 0) is 48.7 Å². The number of aromatic amines is 2. The molecule has 0 bridgehead atoms. The Hall–Kier alpha value is -4.24. The number of anilines is 1. The fourth-order valence-electron chi connectivity index (χ4n) is 4.10. The summed E-state index contributed by atoms with van der Waals surface area (Å²) >= 11 is 0. The molecule has 1 atom stereocenters. The van der Waals surface area contributed by atoms with Crippen LogP contribution in [0, 0.1) is 12.7 Å². The average molecular weight is 458 g/mol. The van der Waals surface area contributed by atoms with E-state index in [1.807, 2.05) is 29.8 Å². The average Bonchev–Trinajstić information content (AvgIpc) is 3.50. The van der Waals surface area contributed by atoms with E-state index in [4.69, 9.17) is 4.98 Å². The van der Waals surface area contributed by atoms with Crippen molar-refractivity contribution in [2.75, 3.05) is 11.9 Å².